The number of alkyl halides is 3. The zero-order chi connectivity index (χ0) is 18.7. The molecule has 3 N–H and O–H groups in total. The van der Waals surface area contributed by atoms with Crippen molar-refractivity contribution in [2.45, 2.75) is 19.6 Å². The second-order valence-electron chi connectivity index (χ2n) is 5.54. The van der Waals surface area contributed by atoms with Crippen LogP contribution in [0.1, 0.15) is 16.7 Å². The molecule has 6 nitrogen and oxygen atoms in total. The van der Waals surface area contributed by atoms with Crippen molar-refractivity contribution in [3.63, 3.8) is 0 Å². The van der Waals surface area contributed by atoms with Gasteiger partial charge in [0.2, 0.25) is 5.95 Å². The van der Waals surface area contributed by atoms with E-state index in [1.807, 2.05) is 0 Å². The number of anilines is 3. The summed E-state index contributed by atoms with van der Waals surface area (Å²) in [5.74, 6) is -0.239. The first-order valence-corrected chi connectivity index (χ1v) is 7.51. The van der Waals surface area contributed by atoms with Crippen LogP contribution in [0.2, 0.25) is 0 Å². The van der Waals surface area contributed by atoms with Crippen molar-refractivity contribution in [1.29, 1.82) is 0 Å². The molecule has 0 atom stereocenters. The summed E-state index contributed by atoms with van der Waals surface area (Å²) >= 11 is 0. The fourth-order valence-corrected chi connectivity index (χ4v) is 2.23. The molecule has 2 aromatic heterocycles. The fourth-order valence-electron chi connectivity index (χ4n) is 2.23. The number of H-pyrrole nitrogens is 1. The molecule has 0 fully saturated rings. The number of nitrogens with zero attached hydrogens (tertiary/aromatic N) is 3. The average Bonchev–Trinajstić information content (AvgIpc) is 3.07. The van der Waals surface area contributed by atoms with Crippen molar-refractivity contribution >= 4 is 17.5 Å². The Bertz CT molecular complexity index is 892. The maximum Gasteiger partial charge on any atom is 0.416 e. The Hall–Kier alpha value is -3.17. The van der Waals surface area contributed by atoms with Crippen LogP contribution in [0.25, 0.3) is 0 Å². The van der Waals surface area contributed by atoms with Gasteiger partial charge in [0.25, 0.3) is 0 Å². The Labute approximate surface area is 145 Å². The van der Waals surface area contributed by atoms with E-state index >= 15 is 0 Å². The summed E-state index contributed by atoms with van der Waals surface area (Å²) in [6.45, 7) is 1.72. The van der Waals surface area contributed by atoms with Crippen LogP contribution in [0.3, 0.4) is 0 Å². The monoisotopic (exact) mass is 366 g/mol. The van der Waals surface area contributed by atoms with Crippen molar-refractivity contribution in [3.05, 3.63) is 59.3 Å². The van der Waals surface area contributed by atoms with E-state index in [1.54, 1.807) is 25.5 Å². The van der Waals surface area contributed by atoms with Gasteiger partial charge in [0.05, 0.1) is 17.4 Å². The second-order valence-corrected chi connectivity index (χ2v) is 5.54. The Kier molecular flexibility index (Phi) is 4.74. The first-order chi connectivity index (χ1) is 12.3. The predicted molar refractivity (Wildman–Crippen MR) is 87.4 cm³/mol. The molecule has 0 amide bonds. The lowest BCUT2D eigenvalue weighted by Gasteiger charge is -2.12. The molecular formula is C16H14F4N6. The lowest BCUT2D eigenvalue weighted by Crippen LogP contribution is -2.09. The molecule has 1 aromatic carbocycles. The Morgan fingerprint density at radius 1 is 1.15 bits per heavy atom. The van der Waals surface area contributed by atoms with E-state index in [1.165, 1.54) is 0 Å². The number of aryl methyl sites for hydroxylation is 1. The molecule has 0 unspecified atom stereocenters. The van der Waals surface area contributed by atoms with Gasteiger partial charge in [-0.05, 0) is 30.7 Å². The highest BCUT2D eigenvalue weighted by Gasteiger charge is 2.31. The fraction of sp³-hybridized carbons (Fsp3) is 0.188. The number of aromatic nitrogens is 4. The Morgan fingerprint density at radius 2 is 1.96 bits per heavy atom. The van der Waals surface area contributed by atoms with Gasteiger partial charge in [-0.25, -0.2) is 9.37 Å². The molecule has 0 bridgehead atoms. The van der Waals surface area contributed by atoms with Gasteiger partial charge in [-0.1, -0.05) is 0 Å². The number of halogens is 4. The molecular weight excluding hydrogens is 352 g/mol. The van der Waals surface area contributed by atoms with Crippen LogP contribution < -0.4 is 10.6 Å². The number of nitrogens with one attached hydrogen (secondary N) is 3. The molecule has 3 aromatic rings. The first-order valence-electron chi connectivity index (χ1n) is 7.51. The number of rotatable bonds is 5. The second kappa shape index (κ2) is 6.98. The van der Waals surface area contributed by atoms with Crippen molar-refractivity contribution < 1.29 is 17.6 Å². The van der Waals surface area contributed by atoms with Crippen LogP contribution in [0.4, 0.5) is 35.0 Å². The number of aromatic amines is 1. The van der Waals surface area contributed by atoms with E-state index in [0.29, 0.717) is 23.1 Å². The van der Waals surface area contributed by atoms with Gasteiger partial charge in [0.15, 0.2) is 0 Å². The summed E-state index contributed by atoms with van der Waals surface area (Å²) in [4.78, 5) is 8.38. The Balaban J connectivity index is 1.76. The minimum Gasteiger partial charge on any atom is -0.366 e. The van der Waals surface area contributed by atoms with Crippen molar-refractivity contribution in [2.75, 3.05) is 10.6 Å². The van der Waals surface area contributed by atoms with Gasteiger partial charge >= 0.3 is 6.18 Å². The minimum absolute atomic E-state index is 0.0240. The third kappa shape index (κ3) is 4.26. The lowest BCUT2D eigenvalue weighted by atomic mass is 10.1. The van der Waals surface area contributed by atoms with Crippen molar-refractivity contribution in [1.82, 2.24) is 20.2 Å². The van der Waals surface area contributed by atoms with Crippen LogP contribution in [-0.4, -0.2) is 20.2 Å². The molecule has 136 valence electrons. The van der Waals surface area contributed by atoms with Crippen LogP contribution >= 0.6 is 0 Å². The topological polar surface area (TPSA) is 78.5 Å². The zero-order valence-corrected chi connectivity index (χ0v) is 13.5. The van der Waals surface area contributed by atoms with Gasteiger partial charge in [-0.15, -0.1) is 0 Å². The van der Waals surface area contributed by atoms with Gasteiger partial charge in [-0.3, -0.25) is 5.10 Å². The van der Waals surface area contributed by atoms with Gasteiger partial charge in [0.1, 0.15) is 11.6 Å². The third-order valence-electron chi connectivity index (χ3n) is 3.47. The average molecular weight is 366 g/mol. The lowest BCUT2D eigenvalue weighted by molar-refractivity contribution is -0.137. The molecule has 0 aliphatic heterocycles. The highest BCUT2D eigenvalue weighted by Crippen LogP contribution is 2.30. The zero-order valence-electron chi connectivity index (χ0n) is 13.5. The molecule has 2 heterocycles. The molecule has 0 spiro atoms. The molecule has 10 heteroatoms. The summed E-state index contributed by atoms with van der Waals surface area (Å²) in [6.07, 6.45) is 0.108. The van der Waals surface area contributed by atoms with Crippen LogP contribution in [0.15, 0.2) is 36.8 Å². The normalized spacial score (nSPS) is 11.4. The summed E-state index contributed by atoms with van der Waals surface area (Å²) < 4.78 is 51.8. The smallest absolute Gasteiger partial charge is 0.366 e. The number of benzene rings is 1. The standard InChI is InChI=1S/C16H14F4N6/c1-9-5-22-15(25-13-7-23-24-8-13)26-14(9)21-6-10-2-11(16(18,19)20)4-12(17)3-10/h2-5,7-8H,6H2,1H3,(H,23,24)(H2,21,22,25,26). The van der Waals surface area contributed by atoms with Gasteiger partial charge in [-0.2, -0.15) is 23.3 Å². The minimum atomic E-state index is -4.61. The van der Waals surface area contributed by atoms with E-state index in [-0.39, 0.29) is 18.1 Å². The molecule has 0 saturated carbocycles. The SMILES string of the molecule is Cc1cnc(Nc2cn[nH]c2)nc1NCc1cc(F)cc(C(F)(F)F)c1. The maximum atomic E-state index is 13.5. The number of hydrogen-bond donors (Lipinski definition) is 3. The number of hydrogen-bond acceptors (Lipinski definition) is 5. The molecule has 0 radical (unpaired) electrons. The molecule has 0 aliphatic carbocycles. The molecule has 26 heavy (non-hydrogen) atoms. The molecule has 0 aliphatic rings. The summed E-state index contributed by atoms with van der Waals surface area (Å²) in [7, 11) is 0. The Morgan fingerprint density at radius 3 is 2.65 bits per heavy atom. The van der Waals surface area contributed by atoms with E-state index < -0.39 is 17.6 Å². The van der Waals surface area contributed by atoms with Crippen LogP contribution in [-0.2, 0) is 12.7 Å². The van der Waals surface area contributed by atoms with Crippen LogP contribution in [0.5, 0.6) is 0 Å². The molecule has 3 rings (SSSR count). The third-order valence-corrected chi connectivity index (χ3v) is 3.47. The van der Waals surface area contributed by atoms with Crippen molar-refractivity contribution in [3.8, 4) is 0 Å². The maximum absolute atomic E-state index is 13.5. The van der Waals surface area contributed by atoms with Gasteiger partial charge in [0, 0.05) is 24.5 Å². The predicted octanol–water partition coefficient (Wildman–Crippen LogP) is 4.02. The largest absolute Gasteiger partial charge is 0.416 e. The van der Waals surface area contributed by atoms with E-state index in [2.05, 4.69) is 30.8 Å². The highest BCUT2D eigenvalue weighted by molar-refractivity contribution is 5.54. The highest BCUT2D eigenvalue weighted by atomic mass is 19.4. The summed E-state index contributed by atoms with van der Waals surface area (Å²) in [5, 5.41) is 12.2. The van der Waals surface area contributed by atoms with Crippen LogP contribution in [0, 0.1) is 12.7 Å². The van der Waals surface area contributed by atoms with Crippen molar-refractivity contribution in [2.24, 2.45) is 0 Å². The summed E-state index contributed by atoms with van der Waals surface area (Å²) in [6, 6.07) is 2.41. The van der Waals surface area contributed by atoms with E-state index in [4.69, 9.17) is 0 Å². The first kappa shape index (κ1) is 17.6. The van der Waals surface area contributed by atoms with Gasteiger partial charge < -0.3 is 10.6 Å². The van der Waals surface area contributed by atoms with E-state index in [9.17, 15) is 17.6 Å². The quantitative estimate of drug-likeness (QED) is 0.595. The van der Waals surface area contributed by atoms with E-state index in [0.717, 1.165) is 12.1 Å². The summed E-state index contributed by atoms with van der Waals surface area (Å²) in [5.41, 5.74) is 0.464. The molecule has 0 saturated heterocycles.